The lowest BCUT2D eigenvalue weighted by molar-refractivity contribution is -0.720. The van der Waals surface area contributed by atoms with E-state index >= 15 is 0 Å². The van der Waals surface area contributed by atoms with Crippen LogP contribution in [0, 0.1) is 6.92 Å². The Labute approximate surface area is 142 Å². The Morgan fingerprint density at radius 3 is 2.33 bits per heavy atom. The molecule has 0 fully saturated rings. The predicted octanol–water partition coefficient (Wildman–Crippen LogP) is 4.70. The molecule has 2 nitrogen and oxygen atoms in total. The van der Waals surface area contributed by atoms with Crippen molar-refractivity contribution in [1.82, 2.24) is 5.10 Å². The first-order chi connectivity index (χ1) is 11.7. The van der Waals surface area contributed by atoms with Gasteiger partial charge in [-0.25, -0.2) is 0 Å². The molecule has 0 aliphatic carbocycles. The summed E-state index contributed by atoms with van der Waals surface area (Å²) >= 11 is 0. The monoisotopic (exact) mass is 311 g/mol. The van der Waals surface area contributed by atoms with Crippen molar-refractivity contribution < 1.29 is 4.68 Å². The van der Waals surface area contributed by atoms with E-state index in [-0.39, 0.29) is 0 Å². The van der Waals surface area contributed by atoms with Gasteiger partial charge in [0.25, 0.3) is 0 Å². The van der Waals surface area contributed by atoms with Crippen LogP contribution in [-0.2, 0) is 7.05 Å². The van der Waals surface area contributed by atoms with Crippen LogP contribution in [0.2, 0.25) is 0 Å². The number of benzene rings is 3. The van der Waals surface area contributed by atoms with Crippen LogP contribution in [0.5, 0.6) is 0 Å². The summed E-state index contributed by atoms with van der Waals surface area (Å²) in [5.74, 6) is 0. The van der Waals surface area contributed by atoms with Gasteiger partial charge in [0, 0.05) is 11.6 Å². The maximum atomic E-state index is 4.57. The summed E-state index contributed by atoms with van der Waals surface area (Å²) in [7, 11) is 1.99. The van der Waals surface area contributed by atoms with E-state index in [2.05, 4.69) is 84.8 Å². The number of aryl methyl sites for hydroxylation is 2. The Bertz CT molecular complexity index is 1030. The van der Waals surface area contributed by atoms with Crippen molar-refractivity contribution in [1.29, 1.82) is 0 Å². The van der Waals surface area contributed by atoms with Gasteiger partial charge in [0.15, 0.2) is 7.05 Å². The first-order valence-electron chi connectivity index (χ1n) is 8.14. The van der Waals surface area contributed by atoms with Crippen LogP contribution in [0.1, 0.15) is 5.56 Å². The lowest BCUT2D eigenvalue weighted by Gasteiger charge is -2.06. The number of nitrogens with zero attached hydrogens (tertiary/aromatic N) is 2. The van der Waals surface area contributed by atoms with Gasteiger partial charge in [0.1, 0.15) is 6.20 Å². The number of hydrogen-bond acceptors (Lipinski definition) is 1. The summed E-state index contributed by atoms with van der Waals surface area (Å²) in [6.45, 7) is 2.14. The average Bonchev–Trinajstić information content (AvgIpc) is 2.62. The molecule has 4 rings (SSSR count). The molecule has 0 spiro atoms. The molecular weight excluding hydrogens is 292 g/mol. The minimum absolute atomic E-state index is 1.12. The summed E-state index contributed by atoms with van der Waals surface area (Å²) in [6, 6.07) is 25.7. The molecule has 0 saturated carbocycles. The molecule has 0 aliphatic heterocycles. The molecular formula is C22H19N2+. The number of aromatic nitrogens is 2. The minimum atomic E-state index is 1.12. The third kappa shape index (κ3) is 2.56. The molecule has 0 saturated heterocycles. The average molecular weight is 311 g/mol. The summed E-state index contributed by atoms with van der Waals surface area (Å²) in [5.41, 5.74) is 5.92. The zero-order valence-corrected chi connectivity index (χ0v) is 13.9. The molecule has 0 N–H and O–H groups in total. The van der Waals surface area contributed by atoms with Crippen molar-refractivity contribution in [2.75, 3.05) is 0 Å². The third-order valence-electron chi connectivity index (χ3n) is 4.51. The highest BCUT2D eigenvalue weighted by atomic mass is 15.2. The maximum Gasteiger partial charge on any atom is 0.239 e. The van der Waals surface area contributed by atoms with E-state index in [9.17, 15) is 0 Å². The van der Waals surface area contributed by atoms with E-state index in [4.69, 9.17) is 0 Å². The molecule has 0 bridgehead atoms. The van der Waals surface area contributed by atoms with Gasteiger partial charge in [-0.05, 0) is 46.1 Å². The molecule has 24 heavy (non-hydrogen) atoms. The molecule has 1 aromatic heterocycles. The van der Waals surface area contributed by atoms with E-state index in [0.717, 1.165) is 11.3 Å². The second-order valence-electron chi connectivity index (χ2n) is 6.13. The summed E-state index contributed by atoms with van der Waals surface area (Å²) in [6.07, 6.45) is 1.94. The summed E-state index contributed by atoms with van der Waals surface area (Å²) < 4.78 is 1.94. The van der Waals surface area contributed by atoms with Crippen molar-refractivity contribution in [3.63, 3.8) is 0 Å². The van der Waals surface area contributed by atoms with E-state index in [0.29, 0.717) is 0 Å². The van der Waals surface area contributed by atoms with Crippen molar-refractivity contribution in [2.24, 2.45) is 7.05 Å². The van der Waals surface area contributed by atoms with E-state index in [1.54, 1.807) is 0 Å². The largest absolute Gasteiger partial charge is 0.239 e. The van der Waals surface area contributed by atoms with E-state index in [1.165, 1.54) is 27.5 Å². The van der Waals surface area contributed by atoms with Crippen LogP contribution in [-0.4, -0.2) is 5.10 Å². The number of fused-ring (bicyclic) bond motifs is 1. The molecule has 4 aromatic rings. The molecule has 0 unspecified atom stereocenters. The van der Waals surface area contributed by atoms with Crippen molar-refractivity contribution in [3.05, 3.63) is 84.6 Å². The highest BCUT2D eigenvalue weighted by molar-refractivity contribution is 5.87. The molecule has 1 heterocycles. The molecule has 0 radical (unpaired) electrons. The predicted molar refractivity (Wildman–Crippen MR) is 98.5 cm³/mol. The van der Waals surface area contributed by atoms with Crippen molar-refractivity contribution in [3.8, 4) is 22.4 Å². The fourth-order valence-electron chi connectivity index (χ4n) is 3.13. The first kappa shape index (κ1) is 14.6. The zero-order chi connectivity index (χ0) is 16.5. The van der Waals surface area contributed by atoms with Gasteiger partial charge in [-0.2, -0.15) is 0 Å². The second kappa shape index (κ2) is 5.89. The Morgan fingerprint density at radius 2 is 1.50 bits per heavy atom. The smallest absolute Gasteiger partial charge is 0.0864 e. The normalized spacial score (nSPS) is 10.9. The van der Waals surface area contributed by atoms with Gasteiger partial charge in [-0.3, -0.25) is 0 Å². The highest BCUT2D eigenvalue weighted by Crippen LogP contribution is 2.27. The van der Waals surface area contributed by atoms with Crippen LogP contribution >= 0.6 is 0 Å². The first-order valence-corrected chi connectivity index (χ1v) is 8.14. The zero-order valence-electron chi connectivity index (χ0n) is 13.9. The Kier molecular flexibility index (Phi) is 3.58. The van der Waals surface area contributed by atoms with Gasteiger partial charge < -0.3 is 0 Å². The number of rotatable bonds is 2. The maximum absolute atomic E-state index is 4.57. The van der Waals surface area contributed by atoms with Gasteiger partial charge >= 0.3 is 0 Å². The summed E-state index contributed by atoms with van der Waals surface area (Å²) in [4.78, 5) is 0. The highest BCUT2D eigenvalue weighted by Gasteiger charge is 2.15. The SMILES string of the molecule is Cc1ccccc1-c1cc(-c2ccc3ccccc3c2)cn[n+]1C. The molecule has 0 atom stereocenters. The van der Waals surface area contributed by atoms with Gasteiger partial charge in [-0.1, -0.05) is 59.3 Å². The third-order valence-corrected chi connectivity index (χ3v) is 4.51. The quantitative estimate of drug-likeness (QED) is 0.490. The van der Waals surface area contributed by atoms with Crippen molar-refractivity contribution >= 4 is 10.8 Å². The molecule has 2 heteroatoms. The number of hydrogen-bond donors (Lipinski definition) is 0. The van der Waals surface area contributed by atoms with Gasteiger partial charge in [0.2, 0.25) is 5.69 Å². The summed E-state index contributed by atoms with van der Waals surface area (Å²) in [5, 5.41) is 7.08. The fraction of sp³-hybridized carbons (Fsp3) is 0.0909. The van der Waals surface area contributed by atoms with Crippen LogP contribution in [0.25, 0.3) is 33.2 Å². The topological polar surface area (TPSA) is 16.8 Å². The van der Waals surface area contributed by atoms with Crippen LogP contribution in [0.4, 0.5) is 0 Å². The van der Waals surface area contributed by atoms with E-state index in [1.807, 2.05) is 17.9 Å². The van der Waals surface area contributed by atoms with Crippen LogP contribution in [0.3, 0.4) is 0 Å². The van der Waals surface area contributed by atoms with Gasteiger partial charge in [0.05, 0.1) is 5.56 Å². The minimum Gasteiger partial charge on any atom is -0.0864 e. The Hall–Kier alpha value is -3.00. The second-order valence-corrected chi connectivity index (χ2v) is 6.13. The molecule has 116 valence electrons. The molecule has 3 aromatic carbocycles. The van der Waals surface area contributed by atoms with Crippen LogP contribution < -0.4 is 4.68 Å². The molecule has 0 amide bonds. The standard InChI is InChI=1S/C22H19N2/c1-16-7-3-6-10-21(16)22-14-20(15-23-24(22)2)19-12-11-17-8-4-5-9-18(17)13-19/h3-15H,1-2H3/q+1. The fourth-order valence-corrected chi connectivity index (χ4v) is 3.13. The van der Waals surface area contributed by atoms with Crippen LogP contribution in [0.15, 0.2) is 79.0 Å². The lowest BCUT2D eigenvalue weighted by atomic mass is 10.00. The molecule has 0 aliphatic rings. The lowest BCUT2D eigenvalue weighted by Crippen LogP contribution is -2.35. The van der Waals surface area contributed by atoms with E-state index < -0.39 is 0 Å². The van der Waals surface area contributed by atoms with Crippen molar-refractivity contribution in [2.45, 2.75) is 6.92 Å². The van der Waals surface area contributed by atoms with Gasteiger partial charge in [-0.15, -0.1) is 0 Å². The Balaban J connectivity index is 1.87. The Morgan fingerprint density at radius 1 is 0.750 bits per heavy atom.